The lowest BCUT2D eigenvalue weighted by atomic mass is 9.86. The Kier molecular flexibility index (Phi) is 3.27. The Labute approximate surface area is 94.2 Å². The molecule has 15 heavy (non-hydrogen) atoms. The Balaban J connectivity index is 1.97. The molecule has 0 spiro atoms. The van der Waals surface area contributed by atoms with Gasteiger partial charge in [-0.3, -0.25) is 4.79 Å². The molecule has 0 aromatic heterocycles. The lowest BCUT2D eigenvalue weighted by molar-refractivity contribution is 0.112. The molecule has 1 aliphatic carbocycles. The minimum absolute atomic E-state index is 0.513. The summed E-state index contributed by atoms with van der Waals surface area (Å²) in [7, 11) is 0. The number of aldehydes is 1. The predicted molar refractivity (Wildman–Crippen MR) is 59.7 cm³/mol. The smallest absolute Gasteiger partial charge is 0.150 e. The van der Waals surface area contributed by atoms with E-state index in [0.29, 0.717) is 22.3 Å². The van der Waals surface area contributed by atoms with Crippen molar-refractivity contribution in [3.63, 3.8) is 0 Å². The molecule has 0 radical (unpaired) electrons. The summed E-state index contributed by atoms with van der Waals surface area (Å²) in [6.07, 6.45) is 4.60. The van der Waals surface area contributed by atoms with Crippen molar-refractivity contribution in [3.8, 4) is 5.75 Å². The Hall–Kier alpha value is -1.02. The van der Waals surface area contributed by atoms with Crippen LogP contribution in [-0.2, 0) is 0 Å². The first-order chi connectivity index (χ1) is 7.29. The second-order valence-corrected chi connectivity index (χ2v) is 4.32. The van der Waals surface area contributed by atoms with E-state index in [-0.39, 0.29) is 0 Å². The molecule has 0 saturated heterocycles. The molecular weight excluding hydrogens is 212 g/mol. The summed E-state index contributed by atoms with van der Waals surface area (Å²) in [5, 5.41) is 0.513. The number of benzene rings is 1. The Morgan fingerprint density at radius 3 is 2.80 bits per heavy atom. The number of halogens is 1. The number of hydrogen-bond donors (Lipinski definition) is 0. The third-order valence-electron chi connectivity index (χ3n) is 2.79. The molecular formula is C12H13ClO2. The first kappa shape index (κ1) is 10.5. The quantitative estimate of drug-likeness (QED) is 0.734. The summed E-state index contributed by atoms with van der Waals surface area (Å²) in [5.41, 5.74) is 0.580. The molecule has 0 bridgehead atoms. The molecule has 1 fully saturated rings. The van der Waals surface area contributed by atoms with Crippen LogP contribution in [0.4, 0.5) is 0 Å². The molecule has 0 heterocycles. The van der Waals surface area contributed by atoms with Gasteiger partial charge >= 0.3 is 0 Å². The fourth-order valence-corrected chi connectivity index (χ4v) is 1.82. The van der Waals surface area contributed by atoms with E-state index in [0.717, 1.165) is 12.9 Å². The highest BCUT2D eigenvalue weighted by Crippen LogP contribution is 2.30. The first-order valence-corrected chi connectivity index (χ1v) is 5.55. The monoisotopic (exact) mass is 224 g/mol. The maximum Gasteiger partial charge on any atom is 0.150 e. The molecule has 80 valence electrons. The van der Waals surface area contributed by atoms with E-state index in [4.69, 9.17) is 16.3 Å². The van der Waals surface area contributed by atoms with E-state index >= 15 is 0 Å². The maximum atomic E-state index is 10.5. The van der Waals surface area contributed by atoms with Crippen LogP contribution in [0.2, 0.25) is 5.02 Å². The van der Waals surface area contributed by atoms with E-state index in [9.17, 15) is 4.79 Å². The Morgan fingerprint density at radius 2 is 2.27 bits per heavy atom. The molecule has 3 heteroatoms. The van der Waals surface area contributed by atoms with Crippen molar-refractivity contribution in [2.24, 2.45) is 5.92 Å². The largest absolute Gasteiger partial charge is 0.492 e. The standard InChI is InChI=1S/C12H13ClO2/c13-11-6-10(7-14)4-5-12(11)15-8-9-2-1-3-9/h4-7,9H,1-3,8H2. The van der Waals surface area contributed by atoms with Crippen LogP contribution in [0, 0.1) is 5.92 Å². The number of ether oxygens (including phenoxy) is 1. The van der Waals surface area contributed by atoms with Gasteiger partial charge in [-0.25, -0.2) is 0 Å². The van der Waals surface area contributed by atoms with Gasteiger partial charge < -0.3 is 4.74 Å². The van der Waals surface area contributed by atoms with Crippen LogP contribution in [0.25, 0.3) is 0 Å². The molecule has 1 aliphatic rings. The van der Waals surface area contributed by atoms with Gasteiger partial charge in [-0.2, -0.15) is 0 Å². The second-order valence-electron chi connectivity index (χ2n) is 3.92. The van der Waals surface area contributed by atoms with Crippen LogP contribution in [0.15, 0.2) is 18.2 Å². The van der Waals surface area contributed by atoms with Gasteiger partial charge in [0.15, 0.2) is 0 Å². The average molecular weight is 225 g/mol. The zero-order valence-electron chi connectivity index (χ0n) is 8.41. The number of rotatable bonds is 4. The highest BCUT2D eigenvalue weighted by molar-refractivity contribution is 6.32. The summed E-state index contributed by atoms with van der Waals surface area (Å²) in [4.78, 5) is 10.5. The van der Waals surface area contributed by atoms with Gasteiger partial charge in [0.05, 0.1) is 11.6 Å². The molecule has 0 amide bonds. The van der Waals surface area contributed by atoms with Crippen LogP contribution in [0.3, 0.4) is 0 Å². The van der Waals surface area contributed by atoms with E-state index < -0.39 is 0 Å². The van der Waals surface area contributed by atoms with E-state index in [2.05, 4.69) is 0 Å². The molecule has 0 N–H and O–H groups in total. The molecule has 2 nitrogen and oxygen atoms in total. The molecule has 1 saturated carbocycles. The van der Waals surface area contributed by atoms with Gasteiger partial charge in [0.2, 0.25) is 0 Å². The van der Waals surface area contributed by atoms with Crippen LogP contribution in [0.5, 0.6) is 5.75 Å². The fourth-order valence-electron chi connectivity index (χ4n) is 1.57. The minimum Gasteiger partial charge on any atom is -0.492 e. The van der Waals surface area contributed by atoms with E-state index in [1.54, 1.807) is 18.2 Å². The Bertz CT molecular complexity index is 359. The lowest BCUT2D eigenvalue weighted by Crippen LogP contribution is -2.19. The van der Waals surface area contributed by atoms with Crippen LogP contribution in [-0.4, -0.2) is 12.9 Å². The van der Waals surface area contributed by atoms with Gasteiger partial charge in [-0.1, -0.05) is 18.0 Å². The van der Waals surface area contributed by atoms with Crippen molar-refractivity contribution < 1.29 is 9.53 Å². The van der Waals surface area contributed by atoms with Gasteiger partial charge in [0.25, 0.3) is 0 Å². The molecule has 2 rings (SSSR count). The third-order valence-corrected chi connectivity index (χ3v) is 3.09. The SMILES string of the molecule is O=Cc1ccc(OCC2CCC2)c(Cl)c1. The molecule has 0 unspecified atom stereocenters. The average Bonchev–Trinajstić information content (AvgIpc) is 2.18. The van der Waals surface area contributed by atoms with Gasteiger partial charge in [0, 0.05) is 5.56 Å². The predicted octanol–water partition coefficient (Wildman–Crippen LogP) is 3.33. The van der Waals surface area contributed by atoms with E-state index in [1.165, 1.54) is 19.3 Å². The van der Waals surface area contributed by atoms with Crippen LogP contribution >= 0.6 is 11.6 Å². The van der Waals surface area contributed by atoms with Gasteiger partial charge in [-0.15, -0.1) is 0 Å². The second kappa shape index (κ2) is 4.67. The Morgan fingerprint density at radius 1 is 1.47 bits per heavy atom. The third kappa shape index (κ3) is 2.51. The van der Waals surface area contributed by atoms with Crippen LogP contribution < -0.4 is 4.74 Å². The van der Waals surface area contributed by atoms with Crippen molar-refractivity contribution in [2.75, 3.05) is 6.61 Å². The minimum atomic E-state index is 0.513. The van der Waals surface area contributed by atoms with Crippen molar-refractivity contribution in [1.29, 1.82) is 0 Å². The fraction of sp³-hybridized carbons (Fsp3) is 0.417. The molecule has 0 atom stereocenters. The van der Waals surface area contributed by atoms with Gasteiger partial charge in [-0.05, 0) is 37.0 Å². The first-order valence-electron chi connectivity index (χ1n) is 5.17. The lowest BCUT2D eigenvalue weighted by Gasteiger charge is -2.25. The highest BCUT2D eigenvalue weighted by atomic mass is 35.5. The van der Waals surface area contributed by atoms with E-state index in [1.807, 2.05) is 0 Å². The highest BCUT2D eigenvalue weighted by Gasteiger charge is 2.18. The summed E-state index contributed by atoms with van der Waals surface area (Å²) in [5.74, 6) is 1.36. The topological polar surface area (TPSA) is 26.3 Å². The van der Waals surface area contributed by atoms with Crippen LogP contribution in [0.1, 0.15) is 29.6 Å². The normalized spacial score (nSPS) is 15.8. The number of carbonyl (C=O) groups is 1. The number of carbonyl (C=O) groups excluding carboxylic acids is 1. The summed E-state index contributed by atoms with van der Waals surface area (Å²) >= 11 is 5.97. The summed E-state index contributed by atoms with van der Waals surface area (Å²) in [6, 6.07) is 5.10. The summed E-state index contributed by atoms with van der Waals surface area (Å²) in [6.45, 7) is 0.736. The van der Waals surface area contributed by atoms with Crippen molar-refractivity contribution in [3.05, 3.63) is 28.8 Å². The summed E-state index contributed by atoms with van der Waals surface area (Å²) < 4.78 is 5.59. The number of hydrogen-bond acceptors (Lipinski definition) is 2. The molecule has 1 aromatic carbocycles. The zero-order valence-corrected chi connectivity index (χ0v) is 9.17. The maximum absolute atomic E-state index is 10.5. The molecule has 0 aliphatic heterocycles. The molecule has 1 aromatic rings. The zero-order chi connectivity index (χ0) is 10.7. The van der Waals surface area contributed by atoms with Crippen molar-refractivity contribution >= 4 is 17.9 Å². The van der Waals surface area contributed by atoms with Gasteiger partial charge in [0.1, 0.15) is 12.0 Å². The van der Waals surface area contributed by atoms with Crippen molar-refractivity contribution in [1.82, 2.24) is 0 Å². The van der Waals surface area contributed by atoms with Crippen molar-refractivity contribution in [2.45, 2.75) is 19.3 Å².